The van der Waals surface area contributed by atoms with Crippen LogP contribution in [0.5, 0.6) is 0 Å². The molecular weight excluding hydrogens is 237 g/mol. The summed E-state index contributed by atoms with van der Waals surface area (Å²) in [5, 5.41) is 5.04. The fourth-order valence-corrected chi connectivity index (χ4v) is 1.51. The average molecular weight is 246 g/mol. The first-order chi connectivity index (χ1) is 7.08. The van der Waals surface area contributed by atoms with E-state index in [9.17, 15) is 0 Å². The molecular formula is C8H9Cl2N5. The molecule has 0 aliphatic rings. The van der Waals surface area contributed by atoms with Crippen molar-refractivity contribution < 1.29 is 0 Å². The maximum absolute atomic E-state index is 5.85. The van der Waals surface area contributed by atoms with Gasteiger partial charge in [0.25, 0.3) is 0 Å². The summed E-state index contributed by atoms with van der Waals surface area (Å²) in [5.74, 6) is 1.11. The summed E-state index contributed by atoms with van der Waals surface area (Å²) in [5.41, 5.74) is 5.52. The van der Waals surface area contributed by atoms with Gasteiger partial charge in [-0.05, 0) is 0 Å². The molecule has 0 amide bonds. The summed E-state index contributed by atoms with van der Waals surface area (Å²) < 4.78 is 3.39. The van der Waals surface area contributed by atoms with E-state index in [1.807, 2.05) is 7.05 Å². The standard InChI is InChI=1S/C8H9Cl2N5/c1-14-6(10)2-12-7(14)4-15-3-5(9)8(11)13-15/h2-3H,4H2,1H3,(H2,11,13). The van der Waals surface area contributed by atoms with Crippen molar-refractivity contribution in [2.45, 2.75) is 6.54 Å². The lowest BCUT2D eigenvalue weighted by molar-refractivity contribution is 0.634. The first-order valence-corrected chi connectivity index (χ1v) is 4.98. The van der Waals surface area contributed by atoms with E-state index in [2.05, 4.69) is 10.1 Å². The first-order valence-electron chi connectivity index (χ1n) is 4.22. The van der Waals surface area contributed by atoms with Gasteiger partial charge < -0.3 is 10.3 Å². The Morgan fingerprint density at radius 3 is 2.67 bits per heavy atom. The zero-order chi connectivity index (χ0) is 11.0. The number of rotatable bonds is 2. The Hall–Kier alpha value is -1.20. The molecule has 80 valence electrons. The fourth-order valence-electron chi connectivity index (χ4n) is 1.21. The number of nitrogens with zero attached hydrogens (tertiary/aromatic N) is 4. The van der Waals surface area contributed by atoms with Crippen molar-refractivity contribution in [2.24, 2.45) is 7.05 Å². The van der Waals surface area contributed by atoms with Crippen LogP contribution in [0.3, 0.4) is 0 Å². The maximum Gasteiger partial charge on any atom is 0.164 e. The van der Waals surface area contributed by atoms with E-state index in [4.69, 9.17) is 28.9 Å². The monoisotopic (exact) mass is 245 g/mol. The lowest BCUT2D eigenvalue weighted by atomic mass is 10.6. The van der Waals surface area contributed by atoms with Crippen LogP contribution in [0.25, 0.3) is 0 Å². The number of anilines is 1. The maximum atomic E-state index is 5.85. The summed E-state index contributed by atoms with van der Waals surface area (Å²) in [6.45, 7) is 0.486. The lowest BCUT2D eigenvalue weighted by Gasteiger charge is -2.02. The molecule has 15 heavy (non-hydrogen) atoms. The first kappa shape index (κ1) is 10.3. The molecule has 0 saturated heterocycles. The van der Waals surface area contributed by atoms with Crippen LogP contribution >= 0.6 is 23.2 Å². The number of nitrogen functional groups attached to an aromatic ring is 1. The van der Waals surface area contributed by atoms with E-state index in [0.717, 1.165) is 5.82 Å². The van der Waals surface area contributed by atoms with Crippen LogP contribution in [-0.4, -0.2) is 19.3 Å². The van der Waals surface area contributed by atoms with E-state index in [-0.39, 0.29) is 0 Å². The summed E-state index contributed by atoms with van der Waals surface area (Å²) in [6.07, 6.45) is 3.24. The van der Waals surface area contributed by atoms with Crippen LogP contribution in [0, 0.1) is 0 Å². The highest BCUT2D eigenvalue weighted by atomic mass is 35.5. The number of imidazole rings is 1. The van der Waals surface area contributed by atoms with Gasteiger partial charge in [-0.2, -0.15) is 5.10 Å². The van der Waals surface area contributed by atoms with E-state index in [1.165, 1.54) is 0 Å². The third-order valence-electron chi connectivity index (χ3n) is 2.07. The fraction of sp³-hybridized carbons (Fsp3) is 0.250. The number of nitrogens with two attached hydrogens (primary N) is 1. The normalized spacial score (nSPS) is 10.9. The van der Waals surface area contributed by atoms with Crippen LogP contribution < -0.4 is 5.73 Å². The molecule has 2 aromatic rings. The van der Waals surface area contributed by atoms with E-state index in [1.54, 1.807) is 21.6 Å². The van der Waals surface area contributed by atoms with Crippen molar-refractivity contribution in [1.29, 1.82) is 0 Å². The van der Waals surface area contributed by atoms with Gasteiger partial charge in [-0.3, -0.25) is 4.68 Å². The number of aromatic nitrogens is 4. The van der Waals surface area contributed by atoms with Gasteiger partial charge in [-0.25, -0.2) is 4.98 Å². The van der Waals surface area contributed by atoms with Crippen LogP contribution in [-0.2, 0) is 13.6 Å². The molecule has 5 nitrogen and oxygen atoms in total. The predicted octanol–water partition coefficient (Wildman–Crippen LogP) is 1.55. The van der Waals surface area contributed by atoms with Gasteiger partial charge in [-0.15, -0.1) is 0 Å². The van der Waals surface area contributed by atoms with Gasteiger partial charge in [0.05, 0.1) is 12.7 Å². The van der Waals surface area contributed by atoms with Crippen molar-refractivity contribution >= 4 is 29.0 Å². The molecule has 2 N–H and O–H groups in total. The average Bonchev–Trinajstić information content (AvgIpc) is 2.65. The van der Waals surface area contributed by atoms with Crippen molar-refractivity contribution in [2.75, 3.05) is 5.73 Å². The Morgan fingerprint density at radius 1 is 1.47 bits per heavy atom. The second-order valence-electron chi connectivity index (χ2n) is 3.12. The number of hydrogen-bond acceptors (Lipinski definition) is 3. The number of halogens is 2. The van der Waals surface area contributed by atoms with Gasteiger partial charge in [-0.1, -0.05) is 23.2 Å². The third-order valence-corrected chi connectivity index (χ3v) is 2.72. The Labute approximate surface area is 96.4 Å². The molecule has 0 aliphatic heterocycles. The minimum atomic E-state index is 0.317. The number of hydrogen-bond donors (Lipinski definition) is 1. The molecule has 0 radical (unpaired) electrons. The predicted molar refractivity (Wildman–Crippen MR) is 59.0 cm³/mol. The van der Waals surface area contributed by atoms with Crippen LogP contribution in [0.15, 0.2) is 12.4 Å². The van der Waals surface area contributed by atoms with Gasteiger partial charge >= 0.3 is 0 Å². The summed E-state index contributed by atoms with van der Waals surface area (Å²) in [4.78, 5) is 4.14. The van der Waals surface area contributed by atoms with Gasteiger partial charge in [0, 0.05) is 13.2 Å². The minimum absolute atomic E-state index is 0.317. The highest BCUT2D eigenvalue weighted by Gasteiger charge is 2.07. The van der Waals surface area contributed by atoms with Crippen LogP contribution in [0.4, 0.5) is 5.82 Å². The van der Waals surface area contributed by atoms with Crippen molar-refractivity contribution in [3.63, 3.8) is 0 Å². The molecule has 0 aromatic carbocycles. The Kier molecular flexibility index (Phi) is 2.58. The lowest BCUT2D eigenvalue weighted by Crippen LogP contribution is -2.06. The van der Waals surface area contributed by atoms with Gasteiger partial charge in [0.15, 0.2) is 5.82 Å². The van der Waals surface area contributed by atoms with E-state index in [0.29, 0.717) is 22.5 Å². The summed E-state index contributed by atoms with van der Waals surface area (Å²) in [6, 6.07) is 0. The second-order valence-corrected chi connectivity index (χ2v) is 3.91. The molecule has 0 atom stereocenters. The van der Waals surface area contributed by atoms with Crippen LogP contribution in [0.2, 0.25) is 10.2 Å². The highest BCUT2D eigenvalue weighted by Crippen LogP contribution is 2.16. The molecule has 0 spiro atoms. The summed E-state index contributed by atoms with van der Waals surface area (Å²) >= 11 is 11.6. The van der Waals surface area contributed by atoms with Crippen molar-refractivity contribution in [3.05, 3.63) is 28.4 Å². The summed E-state index contributed by atoms with van der Waals surface area (Å²) in [7, 11) is 1.83. The Balaban J connectivity index is 2.25. The third kappa shape index (κ3) is 1.93. The zero-order valence-electron chi connectivity index (χ0n) is 7.98. The van der Waals surface area contributed by atoms with Crippen molar-refractivity contribution in [1.82, 2.24) is 19.3 Å². The SMILES string of the molecule is Cn1c(Cl)cnc1Cn1cc(Cl)c(N)n1. The van der Waals surface area contributed by atoms with E-state index < -0.39 is 0 Å². The molecule has 0 saturated carbocycles. The molecule has 2 heterocycles. The molecule has 2 aromatic heterocycles. The zero-order valence-corrected chi connectivity index (χ0v) is 9.50. The molecule has 0 unspecified atom stereocenters. The van der Waals surface area contributed by atoms with Crippen LogP contribution in [0.1, 0.15) is 5.82 Å². The Morgan fingerprint density at radius 2 is 2.20 bits per heavy atom. The smallest absolute Gasteiger partial charge is 0.164 e. The molecule has 0 aliphatic carbocycles. The highest BCUT2D eigenvalue weighted by molar-refractivity contribution is 6.32. The topological polar surface area (TPSA) is 61.7 Å². The van der Waals surface area contributed by atoms with Crippen molar-refractivity contribution in [3.8, 4) is 0 Å². The largest absolute Gasteiger partial charge is 0.381 e. The Bertz CT molecular complexity index is 468. The second kappa shape index (κ2) is 3.75. The molecule has 2 rings (SSSR count). The molecule has 7 heteroatoms. The quantitative estimate of drug-likeness (QED) is 0.874. The minimum Gasteiger partial charge on any atom is -0.381 e. The molecule has 0 fully saturated rings. The molecule has 0 bridgehead atoms. The van der Waals surface area contributed by atoms with Gasteiger partial charge in [0.1, 0.15) is 16.0 Å². The van der Waals surface area contributed by atoms with E-state index >= 15 is 0 Å². The van der Waals surface area contributed by atoms with Gasteiger partial charge in [0.2, 0.25) is 0 Å².